The first-order chi connectivity index (χ1) is 16.0. The molecule has 1 aliphatic heterocycles. The molecule has 190 valence electrons. The lowest BCUT2D eigenvalue weighted by Crippen LogP contribution is -2.63. The zero-order chi connectivity index (χ0) is 25.3. The first-order valence-corrected chi connectivity index (χ1v) is 12.3. The fraction of sp³-hybridized carbons (Fsp3) is 0.704. The number of ether oxygens (including phenoxy) is 4. The van der Waals surface area contributed by atoms with Gasteiger partial charge in [0.25, 0.3) is 0 Å². The third-order valence-corrected chi connectivity index (χ3v) is 8.26. The smallest absolute Gasteiger partial charge is 0.306 e. The third kappa shape index (κ3) is 4.50. The standard InChI is InChI=1S/C27H40O7/c1-8-10-23(30)33-19-14-20-24(31-7)34-25(32-18(5)28)27(20)21(15-19)26(6,12-11-16(3)9-2)17(4)13-22(27)29/h9,11,14,17,19,21-22,24-25,29H,2,8,10,12-13,15H2,1,3-7H3. The number of carbonyl (C=O) groups excluding carboxylic acids is 2. The monoisotopic (exact) mass is 476 g/mol. The molecule has 0 aromatic carbocycles. The van der Waals surface area contributed by atoms with Crippen LogP contribution in [0.5, 0.6) is 0 Å². The van der Waals surface area contributed by atoms with Gasteiger partial charge in [-0.1, -0.05) is 45.1 Å². The summed E-state index contributed by atoms with van der Waals surface area (Å²) in [5.41, 5.74) is 0.474. The summed E-state index contributed by atoms with van der Waals surface area (Å²) in [5, 5.41) is 11.6. The molecule has 2 aliphatic carbocycles. The van der Waals surface area contributed by atoms with Crippen LogP contribution < -0.4 is 0 Å². The number of allylic oxidation sites excluding steroid dienone is 3. The number of aliphatic hydroxyl groups is 1. The highest BCUT2D eigenvalue weighted by atomic mass is 16.8. The van der Waals surface area contributed by atoms with Crippen LogP contribution in [0.25, 0.3) is 0 Å². The van der Waals surface area contributed by atoms with Crippen molar-refractivity contribution in [2.75, 3.05) is 7.11 Å². The molecule has 1 heterocycles. The fourth-order valence-electron chi connectivity index (χ4n) is 6.24. The van der Waals surface area contributed by atoms with Gasteiger partial charge in [0.2, 0.25) is 6.29 Å². The maximum absolute atomic E-state index is 12.4. The van der Waals surface area contributed by atoms with Crippen LogP contribution in [0.2, 0.25) is 0 Å². The maximum atomic E-state index is 12.4. The highest BCUT2D eigenvalue weighted by Gasteiger charge is 2.70. The minimum atomic E-state index is -0.996. The van der Waals surface area contributed by atoms with E-state index >= 15 is 0 Å². The molecule has 0 radical (unpaired) electrons. The van der Waals surface area contributed by atoms with Gasteiger partial charge in [-0.3, -0.25) is 9.59 Å². The van der Waals surface area contributed by atoms with Gasteiger partial charge in [-0.2, -0.15) is 0 Å². The SMILES string of the molecule is C=CC(C)=CCC1(C)C(C)CC(O)C23C(=CC(OC(=O)CCC)CC12)C(OC)OC3OC(C)=O. The van der Waals surface area contributed by atoms with E-state index in [-0.39, 0.29) is 23.2 Å². The molecule has 1 saturated carbocycles. The van der Waals surface area contributed by atoms with E-state index in [0.29, 0.717) is 31.3 Å². The van der Waals surface area contributed by atoms with Crippen molar-refractivity contribution in [3.8, 4) is 0 Å². The molecule has 3 rings (SSSR count). The van der Waals surface area contributed by atoms with Crippen LogP contribution >= 0.6 is 0 Å². The van der Waals surface area contributed by atoms with Crippen LogP contribution in [0.15, 0.2) is 36.0 Å². The molecule has 8 unspecified atom stereocenters. The van der Waals surface area contributed by atoms with Crippen LogP contribution in [0, 0.1) is 22.7 Å². The minimum Gasteiger partial charge on any atom is -0.458 e. The molecule has 1 N–H and O–H groups in total. The normalized spacial score (nSPS) is 39.5. The van der Waals surface area contributed by atoms with Crippen LogP contribution in [0.3, 0.4) is 0 Å². The largest absolute Gasteiger partial charge is 0.458 e. The van der Waals surface area contributed by atoms with Crippen LogP contribution in [-0.2, 0) is 28.5 Å². The van der Waals surface area contributed by atoms with E-state index in [9.17, 15) is 14.7 Å². The molecule has 1 saturated heterocycles. The van der Waals surface area contributed by atoms with E-state index in [2.05, 4.69) is 26.5 Å². The Kier molecular flexibility index (Phi) is 8.10. The predicted molar refractivity (Wildman–Crippen MR) is 127 cm³/mol. The molecule has 0 aromatic rings. The van der Waals surface area contributed by atoms with Crippen LogP contribution in [-0.4, -0.2) is 48.9 Å². The predicted octanol–water partition coefficient (Wildman–Crippen LogP) is 4.45. The van der Waals surface area contributed by atoms with Gasteiger partial charge >= 0.3 is 11.9 Å². The molecule has 7 heteroatoms. The second-order valence-corrected chi connectivity index (χ2v) is 10.3. The highest BCUT2D eigenvalue weighted by Crippen LogP contribution is 2.67. The van der Waals surface area contributed by atoms with Crippen molar-refractivity contribution in [2.24, 2.45) is 22.7 Å². The number of methoxy groups -OCH3 is 1. The molecule has 2 fully saturated rings. The highest BCUT2D eigenvalue weighted by molar-refractivity contribution is 5.69. The topological polar surface area (TPSA) is 91.3 Å². The summed E-state index contributed by atoms with van der Waals surface area (Å²) >= 11 is 0. The van der Waals surface area contributed by atoms with Crippen molar-refractivity contribution in [2.45, 2.75) is 91.5 Å². The van der Waals surface area contributed by atoms with Crippen molar-refractivity contribution in [3.05, 3.63) is 36.0 Å². The Labute approximate surface area is 203 Å². The summed E-state index contributed by atoms with van der Waals surface area (Å²) in [7, 11) is 1.52. The second kappa shape index (κ2) is 10.3. The minimum absolute atomic E-state index is 0.151. The maximum Gasteiger partial charge on any atom is 0.306 e. The van der Waals surface area contributed by atoms with Gasteiger partial charge in [-0.25, -0.2) is 0 Å². The Hall–Kier alpha value is -1.96. The van der Waals surface area contributed by atoms with E-state index in [1.54, 1.807) is 0 Å². The van der Waals surface area contributed by atoms with E-state index in [1.165, 1.54) is 14.0 Å². The van der Waals surface area contributed by atoms with E-state index in [4.69, 9.17) is 18.9 Å². The molecule has 0 aromatic heterocycles. The Balaban J connectivity index is 2.17. The number of hydrogen-bond donors (Lipinski definition) is 1. The first kappa shape index (κ1) is 26.6. The third-order valence-electron chi connectivity index (χ3n) is 8.26. The zero-order valence-corrected chi connectivity index (χ0v) is 21.3. The fourth-order valence-corrected chi connectivity index (χ4v) is 6.24. The van der Waals surface area contributed by atoms with Crippen LogP contribution in [0.1, 0.15) is 66.7 Å². The Bertz CT molecular complexity index is 861. The van der Waals surface area contributed by atoms with Gasteiger partial charge in [0.05, 0.1) is 11.5 Å². The van der Waals surface area contributed by atoms with Gasteiger partial charge in [0, 0.05) is 26.0 Å². The summed E-state index contributed by atoms with van der Waals surface area (Å²) < 4.78 is 23.3. The van der Waals surface area contributed by atoms with Crippen molar-refractivity contribution in [3.63, 3.8) is 0 Å². The Morgan fingerprint density at radius 1 is 1.29 bits per heavy atom. The Morgan fingerprint density at radius 3 is 2.59 bits per heavy atom. The van der Waals surface area contributed by atoms with Crippen molar-refractivity contribution in [1.29, 1.82) is 0 Å². The van der Waals surface area contributed by atoms with E-state index in [0.717, 1.165) is 12.0 Å². The van der Waals surface area contributed by atoms with Crippen molar-refractivity contribution in [1.82, 2.24) is 0 Å². The average molecular weight is 477 g/mol. The van der Waals surface area contributed by atoms with Gasteiger partial charge in [-0.05, 0) is 55.9 Å². The zero-order valence-electron chi connectivity index (χ0n) is 21.3. The lowest BCUT2D eigenvalue weighted by Gasteiger charge is -2.60. The molecule has 3 aliphatic rings. The number of carbonyl (C=O) groups is 2. The summed E-state index contributed by atoms with van der Waals surface area (Å²) in [6, 6.07) is 0. The second-order valence-electron chi connectivity index (χ2n) is 10.3. The summed E-state index contributed by atoms with van der Waals surface area (Å²) in [6.07, 6.45) is 5.53. The summed E-state index contributed by atoms with van der Waals surface area (Å²) in [4.78, 5) is 24.5. The Morgan fingerprint density at radius 2 is 2.00 bits per heavy atom. The van der Waals surface area contributed by atoms with Crippen LogP contribution in [0.4, 0.5) is 0 Å². The van der Waals surface area contributed by atoms with Crippen molar-refractivity contribution < 1.29 is 33.6 Å². The lowest BCUT2D eigenvalue weighted by molar-refractivity contribution is -0.254. The van der Waals surface area contributed by atoms with Gasteiger partial charge < -0.3 is 24.1 Å². The number of hydrogen-bond acceptors (Lipinski definition) is 7. The average Bonchev–Trinajstić information content (AvgIpc) is 3.09. The molecule has 0 amide bonds. The number of aliphatic hydroxyl groups excluding tert-OH is 1. The molecule has 0 bridgehead atoms. The molecular weight excluding hydrogens is 436 g/mol. The van der Waals surface area contributed by atoms with Gasteiger partial charge in [0.1, 0.15) is 6.10 Å². The van der Waals surface area contributed by atoms with Crippen molar-refractivity contribution >= 4 is 11.9 Å². The molecule has 7 nitrogen and oxygen atoms in total. The summed E-state index contributed by atoms with van der Waals surface area (Å²) in [6.45, 7) is 13.5. The quantitative estimate of drug-likeness (QED) is 0.314. The molecule has 8 atom stereocenters. The van der Waals surface area contributed by atoms with E-state index in [1.807, 2.05) is 26.0 Å². The van der Waals surface area contributed by atoms with Gasteiger partial charge in [0.15, 0.2) is 6.29 Å². The molecular formula is C27H40O7. The van der Waals surface area contributed by atoms with E-state index < -0.39 is 36.2 Å². The van der Waals surface area contributed by atoms with Gasteiger partial charge in [-0.15, -0.1) is 0 Å². The first-order valence-electron chi connectivity index (χ1n) is 12.3. The molecule has 1 spiro atoms. The number of rotatable bonds is 8. The summed E-state index contributed by atoms with van der Waals surface area (Å²) in [5.74, 6) is -0.787. The number of esters is 2. The molecule has 34 heavy (non-hydrogen) atoms. The lowest BCUT2D eigenvalue weighted by atomic mass is 9.45.